The summed E-state index contributed by atoms with van der Waals surface area (Å²) in [5, 5.41) is 8.36. The van der Waals surface area contributed by atoms with Crippen molar-refractivity contribution in [1.82, 2.24) is 0 Å². The maximum Gasteiger partial charge on any atom is 0.287 e. The van der Waals surface area contributed by atoms with E-state index in [0.29, 0.717) is 0 Å². The van der Waals surface area contributed by atoms with Gasteiger partial charge in [0, 0.05) is 0 Å². The molecule has 0 saturated heterocycles. The molecule has 0 aliphatic heterocycles. The summed E-state index contributed by atoms with van der Waals surface area (Å²) in [6.07, 6.45) is 1.49. The molecule has 4 heteroatoms. The van der Waals surface area contributed by atoms with Gasteiger partial charge in [-0.1, -0.05) is 12.1 Å². The largest absolute Gasteiger partial charge is 0.508 e. The van der Waals surface area contributed by atoms with Crippen molar-refractivity contribution in [3.8, 4) is 5.75 Å². The van der Waals surface area contributed by atoms with Gasteiger partial charge in [-0.05, 0) is 35.4 Å². The minimum atomic E-state index is -0.652. The summed E-state index contributed by atoms with van der Waals surface area (Å²) in [5.41, 5.74) is 0.730. The molecule has 0 aromatic heterocycles. The van der Waals surface area contributed by atoms with Crippen molar-refractivity contribution >= 4 is 22.9 Å². The Hall–Kier alpha value is -1.48. The van der Waals surface area contributed by atoms with Crippen molar-refractivity contribution in [3.05, 3.63) is 35.6 Å². The predicted molar refractivity (Wildman–Crippen MR) is 54.0 cm³/mol. The van der Waals surface area contributed by atoms with Crippen LogP contribution >= 0.6 is 11.6 Å². The van der Waals surface area contributed by atoms with Gasteiger partial charge in [0.05, 0.1) is 7.11 Å². The Balaban J connectivity index is 2.95. The molecule has 0 aliphatic rings. The summed E-state index contributed by atoms with van der Waals surface area (Å²) >= 11 is 5.24. The second kappa shape index (κ2) is 4.67. The zero-order chi connectivity index (χ0) is 10.6. The molecule has 0 atom stereocenters. The lowest BCUT2D eigenvalue weighted by Gasteiger charge is -2.00. The molecule has 74 valence electrons. The molecule has 1 rings (SSSR count). The van der Waals surface area contributed by atoms with E-state index in [0.717, 1.165) is 5.56 Å². The Bertz CT molecular complexity index is 354. The van der Waals surface area contributed by atoms with Crippen molar-refractivity contribution in [2.75, 3.05) is 7.11 Å². The van der Waals surface area contributed by atoms with Crippen molar-refractivity contribution in [2.24, 2.45) is 0 Å². The highest BCUT2D eigenvalue weighted by Crippen LogP contribution is 2.14. The van der Waals surface area contributed by atoms with Gasteiger partial charge in [-0.25, -0.2) is 0 Å². The monoisotopic (exact) mass is 212 g/mol. The minimum Gasteiger partial charge on any atom is -0.508 e. The normalized spacial score (nSPS) is 11.1. The van der Waals surface area contributed by atoms with E-state index in [1.165, 1.54) is 25.3 Å². The minimum absolute atomic E-state index is 0.0670. The van der Waals surface area contributed by atoms with Crippen molar-refractivity contribution in [2.45, 2.75) is 0 Å². The molecule has 1 aromatic carbocycles. The van der Waals surface area contributed by atoms with Gasteiger partial charge in [-0.2, -0.15) is 0 Å². The first-order valence-corrected chi connectivity index (χ1v) is 4.26. The third kappa shape index (κ3) is 2.78. The Morgan fingerprint density at radius 3 is 2.43 bits per heavy atom. The number of carbonyl (C=O) groups excluding carboxylic acids is 1. The fraction of sp³-hybridized carbons (Fsp3) is 0.100. The van der Waals surface area contributed by atoms with Crippen LogP contribution in [0.4, 0.5) is 0 Å². The van der Waals surface area contributed by atoms with Crippen LogP contribution < -0.4 is 0 Å². The summed E-state index contributed by atoms with van der Waals surface area (Å²) in [6, 6.07) is 6.32. The molecular formula is C10H9ClO3. The lowest BCUT2D eigenvalue weighted by Crippen LogP contribution is -1.95. The molecule has 0 unspecified atom stereocenters. The molecule has 1 N–H and O–H groups in total. The van der Waals surface area contributed by atoms with E-state index in [9.17, 15) is 4.79 Å². The lowest BCUT2D eigenvalue weighted by molar-refractivity contribution is -0.111. The summed E-state index contributed by atoms with van der Waals surface area (Å²) in [4.78, 5) is 10.8. The first-order valence-electron chi connectivity index (χ1n) is 3.88. The van der Waals surface area contributed by atoms with Crippen LogP contribution in [0.5, 0.6) is 5.75 Å². The topological polar surface area (TPSA) is 46.5 Å². The standard InChI is InChI=1S/C10H9ClO3/c1-14-9(10(11)13)6-7-2-4-8(12)5-3-7/h2-6,12H,1H3/b9-6+. The maximum absolute atomic E-state index is 10.8. The number of halogens is 1. The molecule has 14 heavy (non-hydrogen) atoms. The van der Waals surface area contributed by atoms with Gasteiger partial charge in [-0.3, -0.25) is 4.79 Å². The summed E-state index contributed by atoms with van der Waals surface area (Å²) in [7, 11) is 1.37. The van der Waals surface area contributed by atoms with E-state index < -0.39 is 5.24 Å². The van der Waals surface area contributed by atoms with E-state index in [1.54, 1.807) is 12.1 Å². The van der Waals surface area contributed by atoms with Gasteiger partial charge < -0.3 is 9.84 Å². The Kier molecular flexibility index (Phi) is 3.54. The Morgan fingerprint density at radius 1 is 1.43 bits per heavy atom. The molecular weight excluding hydrogens is 204 g/mol. The first kappa shape index (κ1) is 10.6. The number of hydrogen-bond donors (Lipinski definition) is 1. The Labute approximate surface area is 86.6 Å². The highest BCUT2D eigenvalue weighted by atomic mass is 35.5. The van der Waals surface area contributed by atoms with E-state index in [-0.39, 0.29) is 11.5 Å². The molecule has 3 nitrogen and oxygen atoms in total. The van der Waals surface area contributed by atoms with E-state index in [2.05, 4.69) is 0 Å². The van der Waals surface area contributed by atoms with Crippen LogP contribution in [-0.4, -0.2) is 17.5 Å². The van der Waals surface area contributed by atoms with E-state index in [4.69, 9.17) is 21.4 Å². The Morgan fingerprint density at radius 2 is 2.00 bits per heavy atom. The third-order valence-electron chi connectivity index (χ3n) is 1.60. The van der Waals surface area contributed by atoms with Gasteiger partial charge in [0.25, 0.3) is 5.24 Å². The fourth-order valence-electron chi connectivity index (χ4n) is 0.918. The van der Waals surface area contributed by atoms with Crippen molar-refractivity contribution in [1.29, 1.82) is 0 Å². The molecule has 0 bridgehead atoms. The van der Waals surface area contributed by atoms with Crippen LogP contribution in [0, 0.1) is 0 Å². The lowest BCUT2D eigenvalue weighted by atomic mass is 10.2. The molecule has 0 aliphatic carbocycles. The summed E-state index contributed by atoms with van der Waals surface area (Å²) in [6.45, 7) is 0. The van der Waals surface area contributed by atoms with Gasteiger partial charge in [0.2, 0.25) is 0 Å². The number of phenolic OH excluding ortho intramolecular Hbond substituents is 1. The number of rotatable bonds is 3. The molecule has 1 aromatic rings. The van der Waals surface area contributed by atoms with Gasteiger partial charge in [0.1, 0.15) is 5.75 Å². The highest BCUT2D eigenvalue weighted by molar-refractivity contribution is 6.67. The average molecular weight is 213 g/mol. The number of aromatic hydroxyl groups is 1. The van der Waals surface area contributed by atoms with Gasteiger partial charge in [-0.15, -0.1) is 0 Å². The fourth-order valence-corrected chi connectivity index (χ4v) is 1.05. The van der Waals surface area contributed by atoms with Gasteiger partial charge in [0.15, 0.2) is 5.76 Å². The number of hydrogen-bond acceptors (Lipinski definition) is 3. The number of allylic oxidation sites excluding steroid dienone is 1. The molecule has 0 amide bonds. The molecule has 0 radical (unpaired) electrons. The summed E-state index contributed by atoms with van der Waals surface area (Å²) in [5.74, 6) is 0.232. The maximum atomic E-state index is 10.8. The van der Waals surface area contributed by atoms with Crippen LogP contribution in [0.1, 0.15) is 5.56 Å². The molecule has 0 spiro atoms. The zero-order valence-electron chi connectivity index (χ0n) is 7.53. The SMILES string of the molecule is CO/C(=C/c1ccc(O)cc1)C(=O)Cl. The smallest absolute Gasteiger partial charge is 0.287 e. The number of ether oxygens (including phenoxy) is 1. The summed E-state index contributed by atoms with van der Waals surface area (Å²) < 4.78 is 4.76. The van der Waals surface area contributed by atoms with Crippen LogP contribution in [0.15, 0.2) is 30.0 Å². The first-order chi connectivity index (χ1) is 6.63. The van der Waals surface area contributed by atoms with Crippen LogP contribution in [0.25, 0.3) is 6.08 Å². The number of phenols is 1. The number of benzene rings is 1. The average Bonchev–Trinajstić information content (AvgIpc) is 2.16. The molecule has 0 saturated carbocycles. The second-order valence-corrected chi connectivity index (χ2v) is 2.92. The van der Waals surface area contributed by atoms with E-state index in [1.807, 2.05) is 0 Å². The van der Waals surface area contributed by atoms with Crippen LogP contribution in [-0.2, 0) is 9.53 Å². The molecule has 0 fully saturated rings. The van der Waals surface area contributed by atoms with Crippen LogP contribution in [0.3, 0.4) is 0 Å². The van der Waals surface area contributed by atoms with Crippen molar-refractivity contribution < 1.29 is 14.6 Å². The highest BCUT2D eigenvalue weighted by Gasteiger charge is 2.05. The number of carbonyl (C=O) groups is 1. The van der Waals surface area contributed by atoms with Crippen molar-refractivity contribution in [3.63, 3.8) is 0 Å². The zero-order valence-corrected chi connectivity index (χ0v) is 8.28. The van der Waals surface area contributed by atoms with Gasteiger partial charge >= 0.3 is 0 Å². The van der Waals surface area contributed by atoms with E-state index >= 15 is 0 Å². The second-order valence-electron chi connectivity index (χ2n) is 2.58. The van der Waals surface area contributed by atoms with Crippen LogP contribution in [0.2, 0.25) is 0 Å². The molecule has 0 heterocycles. The predicted octanol–water partition coefficient (Wildman–Crippen LogP) is 2.14. The number of methoxy groups -OCH3 is 1. The quantitative estimate of drug-likeness (QED) is 0.474. The third-order valence-corrected chi connectivity index (χ3v) is 1.79.